The Morgan fingerprint density at radius 1 is 0.818 bits per heavy atom. The topological polar surface area (TPSA) is 52.6 Å². The molecule has 0 heterocycles. The number of carbonyl (C=O) groups excluding carboxylic acids is 2. The highest BCUT2D eigenvalue weighted by Crippen LogP contribution is 2.15. The van der Waals surface area contributed by atoms with E-state index < -0.39 is 0 Å². The van der Waals surface area contributed by atoms with Crippen LogP contribution in [0.25, 0.3) is 12.2 Å². The normalized spacial score (nSPS) is 10.5. The second-order valence-corrected chi connectivity index (χ2v) is 4.53. The Balaban J connectivity index is 2.22. The fraction of sp³-hybridized carbons (Fsp3) is 0.111. The summed E-state index contributed by atoms with van der Waals surface area (Å²) < 4.78 is 9.41. The summed E-state index contributed by atoms with van der Waals surface area (Å²) in [5, 5.41) is 0. The molecule has 0 N–H and O–H groups in total. The molecule has 22 heavy (non-hydrogen) atoms. The minimum atomic E-state index is -0.374. The van der Waals surface area contributed by atoms with Gasteiger partial charge in [0.05, 0.1) is 25.3 Å². The minimum Gasteiger partial charge on any atom is -0.465 e. The smallest absolute Gasteiger partial charge is 0.338 e. The Morgan fingerprint density at radius 2 is 1.45 bits per heavy atom. The molecule has 0 unspecified atom stereocenters. The van der Waals surface area contributed by atoms with E-state index in [1.54, 1.807) is 24.3 Å². The van der Waals surface area contributed by atoms with Gasteiger partial charge in [-0.25, -0.2) is 9.59 Å². The Morgan fingerprint density at radius 3 is 2.09 bits per heavy atom. The van der Waals surface area contributed by atoms with Gasteiger partial charge in [-0.05, 0) is 29.3 Å². The second-order valence-electron chi connectivity index (χ2n) is 4.53. The predicted octanol–water partition coefficient (Wildman–Crippen LogP) is 3.43. The Hall–Kier alpha value is -2.88. The molecule has 112 valence electrons. The van der Waals surface area contributed by atoms with Crippen LogP contribution in [0.2, 0.25) is 0 Å². The van der Waals surface area contributed by atoms with Crippen molar-refractivity contribution in [2.45, 2.75) is 0 Å². The Bertz CT molecular complexity index is 699. The summed E-state index contributed by atoms with van der Waals surface area (Å²) in [5.74, 6) is -0.743. The summed E-state index contributed by atoms with van der Waals surface area (Å²) in [4.78, 5) is 23.1. The number of ether oxygens (including phenoxy) is 2. The van der Waals surface area contributed by atoms with Gasteiger partial charge in [0.2, 0.25) is 0 Å². The highest BCUT2D eigenvalue weighted by molar-refractivity contribution is 5.95. The van der Waals surface area contributed by atoms with Crippen molar-refractivity contribution in [1.29, 1.82) is 0 Å². The SMILES string of the molecule is COC(=O)c1ccc(/C=C/c2ccccc2C(=O)OC)cc1. The van der Waals surface area contributed by atoms with Crippen LogP contribution in [0.3, 0.4) is 0 Å². The molecule has 0 aliphatic carbocycles. The van der Waals surface area contributed by atoms with Crippen molar-refractivity contribution >= 4 is 24.1 Å². The number of methoxy groups -OCH3 is 2. The van der Waals surface area contributed by atoms with E-state index in [1.165, 1.54) is 14.2 Å². The molecule has 4 heteroatoms. The number of hydrogen-bond donors (Lipinski definition) is 0. The lowest BCUT2D eigenvalue weighted by Crippen LogP contribution is -2.03. The first kappa shape index (κ1) is 15.5. The van der Waals surface area contributed by atoms with Crippen molar-refractivity contribution in [3.63, 3.8) is 0 Å². The molecule has 2 aromatic carbocycles. The first-order valence-corrected chi connectivity index (χ1v) is 6.69. The fourth-order valence-corrected chi connectivity index (χ4v) is 1.97. The van der Waals surface area contributed by atoms with E-state index in [2.05, 4.69) is 4.74 Å². The molecule has 0 atom stereocenters. The Kier molecular flexibility index (Phi) is 5.09. The van der Waals surface area contributed by atoms with Gasteiger partial charge >= 0.3 is 11.9 Å². The van der Waals surface area contributed by atoms with Crippen LogP contribution in [0.1, 0.15) is 31.8 Å². The van der Waals surface area contributed by atoms with E-state index in [0.717, 1.165) is 11.1 Å². The van der Waals surface area contributed by atoms with E-state index in [0.29, 0.717) is 11.1 Å². The maximum atomic E-state index is 11.7. The van der Waals surface area contributed by atoms with Crippen molar-refractivity contribution < 1.29 is 19.1 Å². The molecule has 2 rings (SSSR count). The molecule has 0 spiro atoms. The highest BCUT2D eigenvalue weighted by atomic mass is 16.5. The average Bonchev–Trinajstić information content (AvgIpc) is 2.59. The van der Waals surface area contributed by atoms with Crippen molar-refractivity contribution in [1.82, 2.24) is 0 Å². The lowest BCUT2D eigenvalue weighted by Gasteiger charge is -2.03. The van der Waals surface area contributed by atoms with Crippen LogP contribution in [-0.4, -0.2) is 26.2 Å². The quantitative estimate of drug-likeness (QED) is 0.640. The lowest BCUT2D eigenvalue weighted by atomic mass is 10.1. The van der Waals surface area contributed by atoms with Gasteiger partial charge in [0.15, 0.2) is 0 Å². The van der Waals surface area contributed by atoms with Gasteiger partial charge in [0.1, 0.15) is 0 Å². The highest BCUT2D eigenvalue weighted by Gasteiger charge is 2.08. The molecule has 0 saturated carbocycles. The van der Waals surface area contributed by atoms with Crippen LogP contribution in [0.15, 0.2) is 48.5 Å². The molecule has 0 aromatic heterocycles. The summed E-state index contributed by atoms with van der Waals surface area (Å²) in [5.41, 5.74) is 2.68. The van der Waals surface area contributed by atoms with Crippen LogP contribution < -0.4 is 0 Å². The van der Waals surface area contributed by atoms with E-state index in [9.17, 15) is 9.59 Å². The third-order valence-corrected chi connectivity index (χ3v) is 3.15. The van der Waals surface area contributed by atoms with Gasteiger partial charge in [-0.2, -0.15) is 0 Å². The zero-order valence-electron chi connectivity index (χ0n) is 12.4. The molecule has 0 fully saturated rings. The van der Waals surface area contributed by atoms with Crippen LogP contribution in [0.4, 0.5) is 0 Å². The molecular formula is C18H16O4. The average molecular weight is 296 g/mol. The van der Waals surface area contributed by atoms with Crippen LogP contribution in [0.5, 0.6) is 0 Å². The largest absolute Gasteiger partial charge is 0.465 e. The van der Waals surface area contributed by atoms with E-state index >= 15 is 0 Å². The van der Waals surface area contributed by atoms with Gasteiger partial charge in [0, 0.05) is 0 Å². The maximum Gasteiger partial charge on any atom is 0.338 e. The van der Waals surface area contributed by atoms with Gasteiger partial charge in [-0.1, -0.05) is 42.5 Å². The van der Waals surface area contributed by atoms with Crippen molar-refractivity contribution in [2.24, 2.45) is 0 Å². The zero-order valence-corrected chi connectivity index (χ0v) is 12.4. The Labute approximate surface area is 129 Å². The van der Waals surface area contributed by atoms with Gasteiger partial charge < -0.3 is 9.47 Å². The summed E-state index contributed by atoms with van der Waals surface area (Å²) in [6, 6.07) is 14.2. The second kappa shape index (κ2) is 7.22. The molecule has 0 saturated heterocycles. The number of hydrogen-bond acceptors (Lipinski definition) is 4. The summed E-state index contributed by atoms with van der Waals surface area (Å²) in [7, 11) is 2.70. The molecular weight excluding hydrogens is 280 g/mol. The first-order valence-electron chi connectivity index (χ1n) is 6.69. The molecule has 4 nitrogen and oxygen atoms in total. The summed E-state index contributed by atoms with van der Waals surface area (Å²) in [6.45, 7) is 0. The number of benzene rings is 2. The van der Waals surface area contributed by atoms with E-state index in [4.69, 9.17) is 4.74 Å². The molecule has 0 aliphatic heterocycles. The maximum absolute atomic E-state index is 11.7. The monoisotopic (exact) mass is 296 g/mol. The van der Waals surface area contributed by atoms with Gasteiger partial charge in [-0.3, -0.25) is 0 Å². The number of rotatable bonds is 4. The van der Waals surface area contributed by atoms with Crippen LogP contribution in [0, 0.1) is 0 Å². The zero-order chi connectivity index (χ0) is 15.9. The summed E-state index contributed by atoms with van der Waals surface area (Å²) >= 11 is 0. The van der Waals surface area contributed by atoms with Gasteiger partial charge in [-0.15, -0.1) is 0 Å². The molecule has 0 aliphatic rings. The predicted molar refractivity (Wildman–Crippen MR) is 84.5 cm³/mol. The van der Waals surface area contributed by atoms with Crippen LogP contribution >= 0.6 is 0 Å². The van der Waals surface area contributed by atoms with Crippen molar-refractivity contribution in [3.05, 3.63) is 70.8 Å². The van der Waals surface area contributed by atoms with Gasteiger partial charge in [0.25, 0.3) is 0 Å². The third kappa shape index (κ3) is 3.61. The molecule has 0 amide bonds. The first-order chi connectivity index (χ1) is 10.7. The minimum absolute atomic E-state index is 0.369. The number of esters is 2. The van der Waals surface area contributed by atoms with E-state index in [1.807, 2.05) is 36.4 Å². The van der Waals surface area contributed by atoms with Crippen molar-refractivity contribution in [3.8, 4) is 0 Å². The molecule has 2 aromatic rings. The van der Waals surface area contributed by atoms with Crippen LogP contribution in [-0.2, 0) is 9.47 Å². The fourth-order valence-electron chi connectivity index (χ4n) is 1.97. The lowest BCUT2D eigenvalue weighted by molar-refractivity contribution is 0.0591. The third-order valence-electron chi connectivity index (χ3n) is 3.15. The molecule has 0 radical (unpaired) electrons. The van der Waals surface area contributed by atoms with E-state index in [-0.39, 0.29) is 11.9 Å². The number of carbonyl (C=O) groups is 2. The van der Waals surface area contributed by atoms with Crippen molar-refractivity contribution in [2.75, 3.05) is 14.2 Å². The summed E-state index contributed by atoms with van der Waals surface area (Å²) in [6.07, 6.45) is 3.70. The molecule has 0 bridgehead atoms. The standard InChI is InChI=1S/C18H16O4/c1-21-17(19)15-11-8-13(9-12-15)7-10-14-5-3-4-6-16(14)18(20)22-2/h3-12H,1-2H3/b10-7+.